The molecule has 0 spiro atoms. The van der Waals surface area contributed by atoms with E-state index in [2.05, 4.69) is 31.0 Å². The third kappa shape index (κ3) is 5.47. The van der Waals surface area contributed by atoms with Crippen LogP contribution in [0.3, 0.4) is 0 Å². The molecule has 1 aromatic carbocycles. The lowest BCUT2D eigenvalue weighted by molar-refractivity contribution is 0.284. The van der Waals surface area contributed by atoms with Crippen LogP contribution in [0.4, 0.5) is 4.39 Å². The van der Waals surface area contributed by atoms with Gasteiger partial charge in [0.05, 0.1) is 5.02 Å². The quantitative estimate of drug-likeness (QED) is 0.781. The highest BCUT2D eigenvalue weighted by atomic mass is 35.5. The van der Waals surface area contributed by atoms with E-state index in [0.717, 1.165) is 31.7 Å². The van der Waals surface area contributed by atoms with E-state index in [-0.39, 0.29) is 16.9 Å². The van der Waals surface area contributed by atoms with Gasteiger partial charge < -0.3 is 10.2 Å². The minimum atomic E-state index is -0.363. The molecule has 19 heavy (non-hydrogen) atoms. The zero-order chi connectivity index (χ0) is 14.3. The van der Waals surface area contributed by atoms with Gasteiger partial charge in [-0.25, -0.2) is 4.39 Å². The molecule has 1 rings (SSSR count). The first-order chi connectivity index (χ1) is 9.08. The average molecular weight is 287 g/mol. The van der Waals surface area contributed by atoms with Crippen molar-refractivity contribution in [3.63, 3.8) is 0 Å². The van der Waals surface area contributed by atoms with Crippen molar-refractivity contribution in [2.45, 2.75) is 33.2 Å². The highest BCUT2D eigenvalue weighted by molar-refractivity contribution is 6.30. The van der Waals surface area contributed by atoms with Crippen molar-refractivity contribution in [3.05, 3.63) is 34.6 Å². The second-order valence-corrected chi connectivity index (χ2v) is 5.19. The summed E-state index contributed by atoms with van der Waals surface area (Å²) >= 11 is 5.80. The van der Waals surface area contributed by atoms with E-state index in [1.165, 1.54) is 12.5 Å². The van der Waals surface area contributed by atoms with Crippen molar-refractivity contribution < 1.29 is 4.39 Å². The minimum Gasteiger partial charge on any atom is -0.309 e. The van der Waals surface area contributed by atoms with Gasteiger partial charge in [-0.05, 0) is 44.1 Å². The molecule has 1 atom stereocenters. The van der Waals surface area contributed by atoms with E-state index >= 15 is 0 Å². The molecular weight excluding hydrogens is 263 g/mol. The number of likely N-dealkylation sites (N-methyl/N-ethyl adjacent to an activating group) is 1. The van der Waals surface area contributed by atoms with Gasteiger partial charge in [0.1, 0.15) is 5.82 Å². The van der Waals surface area contributed by atoms with Crippen LogP contribution in [0.1, 0.15) is 38.8 Å². The van der Waals surface area contributed by atoms with Gasteiger partial charge >= 0.3 is 0 Å². The maximum absolute atomic E-state index is 13.1. The van der Waals surface area contributed by atoms with Crippen LogP contribution in [0.15, 0.2) is 18.2 Å². The number of hydrogen-bond donors (Lipinski definition) is 1. The summed E-state index contributed by atoms with van der Waals surface area (Å²) in [6.07, 6.45) is 1.18. The Labute approximate surface area is 120 Å². The molecule has 0 saturated heterocycles. The van der Waals surface area contributed by atoms with Crippen LogP contribution in [0.25, 0.3) is 0 Å². The summed E-state index contributed by atoms with van der Waals surface area (Å²) in [5.41, 5.74) is 1.02. The van der Waals surface area contributed by atoms with Crippen molar-refractivity contribution in [1.82, 2.24) is 10.2 Å². The van der Waals surface area contributed by atoms with Gasteiger partial charge in [-0.3, -0.25) is 0 Å². The van der Waals surface area contributed by atoms with Crippen LogP contribution < -0.4 is 5.32 Å². The SMILES string of the molecule is CCCN(CC)CCNC(C)c1ccc(F)c(Cl)c1. The third-order valence-corrected chi connectivity index (χ3v) is 3.60. The molecule has 0 radical (unpaired) electrons. The lowest BCUT2D eigenvalue weighted by Crippen LogP contribution is -2.33. The molecule has 0 aromatic heterocycles. The van der Waals surface area contributed by atoms with Crippen molar-refractivity contribution in [1.29, 1.82) is 0 Å². The Morgan fingerprint density at radius 1 is 1.32 bits per heavy atom. The highest BCUT2D eigenvalue weighted by Crippen LogP contribution is 2.20. The standard InChI is InChI=1S/C15H24ClFN2/c1-4-9-19(5-2)10-8-18-12(3)13-6-7-15(17)14(16)11-13/h6-7,11-12,18H,4-5,8-10H2,1-3H3. The largest absolute Gasteiger partial charge is 0.309 e. The summed E-state index contributed by atoms with van der Waals surface area (Å²) in [6.45, 7) is 10.6. The van der Waals surface area contributed by atoms with E-state index in [1.807, 2.05) is 0 Å². The molecule has 0 aliphatic heterocycles. The fourth-order valence-corrected chi connectivity index (χ4v) is 2.27. The Bertz CT molecular complexity index is 384. The predicted molar refractivity (Wildman–Crippen MR) is 80.2 cm³/mol. The third-order valence-electron chi connectivity index (χ3n) is 3.31. The first-order valence-corrected chi connectivity index (χ1v) is 7.37. The minimum absolute atomic E-state index is 0.179. The maximum atomic E-state index is 13.1. The zero-order valence-corrected chi connectivity index (χ0v) is 12.8. The summed E-state index contributed by atoms with van der Waals surface area (Å²) in [5, 5.41) is 3.63. The van der Waals surface area contributed by atoms with Crippen LogP contribution in [0.2, 0.25) is 5.02 Å². The number of nitrogens with one attached hydrogen (secondary N) is 1. The van der Waals surface area contributed by atoms with Crippen LogP contribution in [0.5, 0.6) is 0 Å². The summed E-state index contributed by atoms with van der Waals surface area (Å²) in [7, 11) is 0. The molecule has 0 aliphatic rings. The van der Waals surface area contributed by atoms with Crippen LogP contribution in [-0.4, -0.2) is 31.1 Å². The van der Waals surface area contributed by atoms with E-state index in [9.17, 15) is 4.39 Å². The van der Waals surface area contributed by atoms with Crippen molar-refractivity contribution in [3.8, 4) is 0 Å². The molecule has 0 saturated carbocycles. The predicted octanol–water partition coefficient (Wildman–Crippen LogP) is 3.86. The van der Waals surface area contributed by atoms with Crippen molar-refractivity contribution >= 4 is 11.6 Å². The smallest absolute Gasteiger partial charge is 0.141 e. The first kappa shape index (κ1) is 16.4. The number of nitrogens with zero attached hydrogens (tertiary/aromatic N) is 1. The lowest BCUT2D eigenvalue weighted by atomic mass is 10.1. The molecule has 0 amide bonds. The molecule has 1 aromatic rings. The van der Waals surface area contributed by atoms with Gasteiger partial charge in [0, 0.05) is 19.1 Å². The van der Waals surface area contributed by atoms with Crippen LogP contribution in [0, 0.1) is 5.82 Å². The van der Waals surface area contributed by atoms with E-state index in [1.54, 1.807) is 12.1 Å². The van der Waals surface area contributed by atoms with Gasteiger partial charge in [0.25, 0.3) is 0 Å². The Kier molecular flexibility index (Phi) is 7.36. The normalized spacial score (nSPS) is 12.9. The maximum Gasteiger partial charge on any atom is 0.141 e. The highest BCUT2D eigenvalue weighted by Gasteiger charge is 2.08. The number of hydrogen-bond acceptors (Lipinski definition) is 2. The zero-order valence-electron chi connectivity index (χ0n) is 12.0. The Balaban J connectivity index is 2.42. The van der Waals surface area contributed by atoms with Gasteiger partial charge in [0.15, 0.2) is 0 Å². The van der Waals surface area contributed by atoms with Crippen molar-refractivity contribution in [2.24, 2.45) is 0 Å². The van der Waals surface area contributed by atoms with Crippen LogP contribution >= 0.6 is 11.6 Å². The summed E-state index contributed by atoms with van der Waals surface area (Å²) in [5.74, 6) is -0.363. The Morgan fingerprint density at radius 3 is 2.63 bits per heavy atom. The molecule has 0 fully saturated rings. The summed E-state index contributed by atoms with van der Waals surface area (Å²) in [4.78, 5) is 2.41. The van der Waals surface area contributed by atoms with Gasteiger partial charge in [0.2, 0.25) is 0 Å². The number of benzene rings is 1. The second kappa shape index (κ2) is 8.51. The monoisotopic (exact) mass is 286 g/mol. The van der Waals surface area contributed by atoms with E-state index < -0.39 is 0 Å². The van der Waals surface area contributed by atoms with Crippen molar-refractivity contribution in [2.75, 3.05) is 26.2 Å². The topological polar surface area (TPSA) is 15.3 Å². The first-order valence-electron chi connectivity index (χ1n) is 6.99. The summed E-state index contributed by atoms with van der Waals surface area (Å²) in [6, 6.07) is 5.07. The van der Waals surface area contributed by atoms with Gasteiger partial charge in [-0.15, -0.1) is 0 Å². The van der Waals surface area contributed by atoms with E-state index in [0.29, 0.717) is 0 Å². The molecule has 4 heteroatoms. The fraction of sp³-hybridized carbons (Fsp3) is 0.600. The van der Waals surface area contributed by atoms with Gasteiger partial charge in [-0.2, -0.15) is 0 Å². The average Bonchev–Trinajstić information content (AvgIpc) is 2.40. The Morgan fingerprint density at radius 2 is 2.05 bits per heavy atom. The molecular formula is C15H24ClFN2. The lowest BCUT2D eigenvalue weighted by Gasteiger charge is -2.21. The number of rotatable bonds is 8. The number of halogens is 2. The molecule has 0 bridgehead atoms. The second-order valence-electron chi connectivity index (χ2n) is 4.78. The molecule has 2 nitrogen and oxygen atoms in total. The van der Waals surface area contributed by atoms with Gasteiger partial charge in [-0.1, -0.05) is 31.5 Å². The molecule has 0 heterocycles. The molecule has 108 valence electrons. The van der Waals surface area contributed by atoms with E-state index in [4.69, 9.17) is 11.6 Å². The molecule has 1 N–H and O–H groups in total. The molecule has 1 unspecified atom stereocenters. The fourth-order valence-electron chi connectivity index (χ4n) is 2.08. The summed E-state index contributed by atoms with van der Waals surface area (Å²) < 4.78 is 13.1. The Hall–Kier alpha value is -0.640. The van der Waals surface area contributed by atoms with Crippen LogP contribution in [-0.2, 0) is 0 Å². The molecule has 0 aliphatic carbocycles.